The molecule has 0 spiro atoms. The average Bonchev–Trinajstić information content (AvgIpc) is 2.44. The second kappa shape index (κ2) is 6.36. The third kappa shape index (κ3) is 3.38. The fraction of sp³-hybridized carbons (Fsp3) is 0.357. The maximum Gasteiger partial charge on any atom is 0.355 e. The Hall–Kier alpha value is -2.41. The average molecular weight is 290 g/mol. The molecule has 7 nitrogen and oxygen atoms in total. The summed E-state index contributed by atoms with van der Waals surface area (Å²) in [6, 6.07) is 8.48. The Balaban J connectivity index is 2.31. The Labute approximate surface area is 121 Å². The van der Waals surface area contributed by atoms with Crippen molar-refractivity contribution in [3.05, 3.63) is 56.9 Å². The number of hydrogen-bond acceptors (Lipinski definition) is 5. The molecule has 1 aromatic heterocycles. The molecule has 3 N–H and O–H groups in total. The molecule has 1 heterocycles. The van der Waals surface area contributed by atoms with E-state index >= 15 is 0 Å². The maximum absolute atomic E-state index is 11.9. The Morgan fingerprint density at radius 3 is 2.48 bits per heavy atom. The smallest absolute Gasteiger partial charge is 0.355 e. The number of nitrogens with one attached hydrogen (secondary N) is 2. The van der Waals surface area contributed by atoms with Crippen LogP contribution in [0.1, 0.15) is 31.5 Å². The van der Waals surface area contributed by atoms with E-state index in [1.807, 2.05) is 30.3 Å². The van der Waals surface area contributed by atoms with Crippen molar-refractivity contribution in [1.29, 1.82) is 0 Å². The minimum absolute atomic E-state index is 0.0461. The Morgan fingerprint density at radius 1 is 1.29 bits per heavy atom. The highest BCUT2D eigenvalue weighted by atomic mass is 16.3. The van der Waals surface area contributed by atoms with Gasteiger partial charge in [-0.05, 0) is 19.4 Å². The largest absolute Gasteiger partial charge is 0.394 e. The van der Waals surface area contributed by atoms with Gasteiger partial charge in [0.15, 0.2) is 0 Å². The van der Waals surface area contributed by atoms with E-state index in [1.54, 1.807) is 13.8 Å². The van der Waals surface area contributed by atoms with Crippen LogP contribution in [0.25, 0.3) is 0 Å². The molecule has 0 aliphatic heterocycles. The predicted molar refractivity (Wildman–Crippen MR) is 79.4 cm³/mol. The van der Waals surface area contributed by atoms with Crippen molar-refractivity contribution >= 4 is 5.95 Å². The fourth-order valence-electron chi connectivity index (χ4n) is 2.03. The van der Waals surface area contributed by atoms with Crippen molar-refractivity contribution in [3.63, 3.8) is 0 Å². The SMILES string of the molecule is CC(C)n1c(=O)nc(N[C@@H](CO)c2ccccc2)[nH]c1=O. The van der Waals surface area contributed by atoms with Crippen LogP contribution in [0.5, 0.6) is 0 Å². The summed E-state index contributed by atoms with van der Waals surface area (Å²) in [7, 11) is 0. The molecule has 0 aliphatic carbocycles. The lowest BCUT2D eigenvalue weighted by atomic mass is 10.1. The molecule has 0 bridgehead atoms. The minimum atomic E-state index is -0.624. The maximum atomic E-state index is 11.9. The van der Waals surface area contributed by atoms with Gasteiger partial charge in [-0.1, -0.05) is 30.3 Å². The first-order chi connectivity index (χ1) is 10.0. The van der Waals surface area contributed by atoms with Gasteiger partial charge in [0.05, 0.1) is 12.6 Å². The minimum Gasteiger partial charge on any atom is -0.394 e. The third-order valence-corrected chi connectivity index (χ3v) is 3.07. The van der Waals surface area contributed by atoms with Crippen LogP contribution in [0.3, 0.4) is 0 Å². The first kappa shape index (κ1) is 15.0. The molecular formula is C14H18N4O3. The van der Waals surface area contributed by atoms with Gasteiger partial charge in [0.1, 0.15) is 0 Å². The predicted octanol–water partition coefficient (Wildman–Crippen LogP) is 0.658. The van der Waals surface area contributed by atoms with Crippen LogP contribution in [0, 0.1) is 0 Å². The number of aliphatic hydroxyl groups excluding tert-OH is 1. The lowest BCUT2D eigenvalue weighted by molar-refractivity contribution is 0.275. The van der Waals surface area contributed by atoms with Crippen LogP contribution in [0.15, 0.2) is 39.9 Å². The van der Waals surface area contributed by atoms with Gasteiger partial charge >= 0.3 is 11.4 Å². The van der Waals surface area contributed by atoms with E-state index in [0.717, 1.165) is 10.1 Å². The van der Waals surface area contributed by atoms with E-state index in [-0.39, 0.29) is 18.6 Å². The zero-order valence-electron chi connectivity index (χ0n) is 11.9. The third-order valence-electron chi connectivity index (χ3n) is 3.07. The van der Waals surface area contributed by atoms with Gasteiger partial charge in [0, 0.05) is 6.04 Å². The van der Waals surface area contributed by atoms with Crippen molar-refractivity contribution in [2.45, 2.75) is 25.9 Å². The highest BCUT2D eigenvalue weighted by Crippen LogP contribution is 2.15. The zero-order chi connectivity index (χ0) is 15.4. The van der Waals surface area contributed by atoms with Crippen LogP contribution in [-0.2, 0) is 0 Å². The standard InChI is InChI=1S/C14H18N4O3/c1-9(2)18-13(20)16-12(17-14(18)21)15-11(8-19)10-6-4-3-5-7-10/h3-7,9,11,19H,8H2,1-2H3,(H2,15,16,17,20,21)/t11-/m0/s1. The van der Waals surface area contributed by atoms with Crippen LogP contribution in [0.2, 0.25) is 0 Å². The van der Waals surface area contributed by atoms with Crippen molar-refractivity contribution < 1.29 is 5.11 Å². The molecule has 0 saturated heterocycles. The number of aromatic nitrogens is 3. The van der Waals surface area contributed by atoms with Crippen LogP contribution in [-0.4, -0.2) is 26.2 Å². The van der Waals surface area contributed by atoms with E-state index in [2.05, 4.69) is 15.3 Å². The molecule has 0 amide bonds. The highest BCUT2D eigenvalue weighted by molar-refractivity contribution is 5.30. The molecule has 0 fully saturated rings. The summed E-state index contributed by atoms with van der Waals surface area (Å²) in [5.74, 6) is 0.0461. The van der Waals surface area contributed by atoms with Crippen LogP contribution >= 0.6 is 0 Å². The molecule has 1 aromatic carbocycles. The molecule has 0 saturated carbocycles. The Bertz CT molecular complexity index is 675. The summed E-state index contributed by atoms with van der Waals surface area (Å²) < 4.78 is 1.03. The molecule has 2 aromatic rings. The number of H-pyrrole nitrogens is 1. The van der Waals surface area contributed by atoms with Crippen molar-refractivity contribution in [2.24, 2.45) is 0 Å². The van der Waals surface area contributed by atoms with E-state index in [0.29, 0.717) is 0 Å². The lowest BCUT2D eigenvalue weighted by Gasteiger charge is -2.17. The molecule has 0 unspecified atom stereocenters. The number of hydrogen-bond donors (Lipinski definition) is 3. The number of aromatic amines is 1. The molecule has 21 heavy (non-hydrogen) atoms. The van der Waals surface area contributed by atoms with E-state index < -0.39 is 17.4 Å². The summed E-state index contributed by atoms with van der Waals surface area (Å²) in [5, 5.41) is 12.3. The van der Waals surface area contributed by atoms with E-state index in [1.165, 1.54) is 0 Å². The van der Waals surface area contributed by atoms with Gasteiger partial charge in [-0.3, -0.25) is 4.98 Å². The Morgan fingerprint density at radius 2 is 1.95 bits per heavy atom. The fourth-order valence-corrected chi connectivity index (χ4v) is 2.03. The number of aliphatic hydroxyl groups is 1. The van der Waals surface area contributed by atoms with Crippen molar-refractivity contribution in [2.75, 3.05) is 11.9 Å². The topological polar surface area (TPSA) is 100 Å². The Kier molecular flexibility index (Phi) is 4.54. The highest BCUT2D eigenvalue weighted by Gasteiger charge is 2.13. The van der Waals surface area contributed by atoms with Gasteiger partial charge < -0.3 is 10.4 Å². The summed E-state index contributed by atoms with van der Waals surface area (Å²) >= 11 is 0. The number of benzene rings is 1. The second-order valence-corrected chi connectivity index (χ2v) is 4.93. The first-order valence-corrected chi connectivity index (χ1v) is 6.68. The van der Waals surface area contributed by atoms with Crippen LogP contribution < -0.4 is 16.7 Å². The summed E-state index contributed by atoms with van der Waals surface area (Å²) in [6.07, 6.45) is 0. The quantitative estimate of drug-likeness (QED) is 0.751. The molecule has 0 aliphatic rings. The second-order valence-electron chi connectivity index (χ2n) is 4.93. The molecule has 112 valence electrons. The molecule has 2 rings (SSSR count). The zero-order valence-corrected chi connectivity index (χ0v) is 11.9. The van der Waals surface area contributed by atoms with E-state index in [9.17, 15) is 14.7 Å². The molecule has 0 radical (unpaired) electrons. The number of anilines is 1. The van der Waals surface area contributed by atoms with Crippen molar-refractivity contribution in [1.82, 2.24) is 14.5 Å². The number of rotatable bonds is 5. The van der Waals surface area contributed by atoms with E-state index in [4.69, 9.17) is 0 Å². The lowest BCUT2D eigenvalue weighted by Crippen LogP contribution is -2.39. The van der Waals surface area contributed by atoms with Gasteiger partial charge in [0.25, 0.3) is 0 Å². The van der Waals surface area contributed by atoms with Gasteiger partial charge in [-0.15, -0.1) is 0 Å². The molecule has 7 heteroatoms. The van der Waals surface area contributed by atoms with Gasteiger partial charge in [-0.2, -0.15) is 4.98 Å². The molecular weight excluding hydrogens is 272 g/mol. The summed E-state index contributed by atoms with van der Waals surface area (Å²) in [4.78, 5) is 30.0. The summed E-state index contributed by atoms with van der Waals surface area (Å²) in [5.41, 5.74) is -0.325. The monoisotopic (exact) mass is 290 g/mol. The summed E-state index contributed by atoms with van der Waals surface area (Å²) in [6.45, 7) is 3.26. The van der Waals surface area contributed by atoms with Crippen molar-refractivity contribution in [3.8, 4) is 0 Å². The number of nitrogens with zero attached hydrogens (tertiary/aromatic N) is 2. The van der Waals surface area contributed by atoms with Gasteiger partial charge in [0.2, 0.25) is 5.95 Å². The normalized spacial score (nSPS) is 12.4. The van der Waals surface area contributed by atoms with Crippen LogP contribution in [0.4, 0.5) is 5.95 Å². The first-order valence-electron chi connectivity index (χ1n) is 6.68. The van der Waals surface area contributed by atoms with Gasteiger partial charge in [-0.25, -0.2) is 14.2 Å². The molecule has 1 atom stereocenters.